The van der Waals surface area contributed by atoms with Crippen molar-refractivity contribution in [2.24, 2.45) is 0 Å². The predicted octanol–water partition coefficient (Wildman–Crippen LogP) is 0.942. The summed E-state index contributed by atoms with van der Waals surface area (Å²) in [5.74, 6) is 0.326. The minimum Gasteiger partial charge on any atom is -0.493 e. The van der Waals surface area contributed by atoms with E-state index < -0.39 is 27.9 Å². The molecular weight excluding hydrogens is 434 g/mol. The van der Waals surface area contributed by atoms with E-state index in [1.54, 1.807) is 38.5 Å². The van der Waals surface area contributed by atoms with Gasteiger partial charge in [-0.25, -0.2) is 8.42 Å². The number of methoxy groups -OCH3 is 2. The van der Waals surface area contributed by atoms with Gasteiger partial charge in [0.2, 0.25) is 21.8 Å². The van der Waals surface area contributed by atoms with Gasteiger partial charge in [0.25, 0.3) is 0 Å². The normalized spacial score (nSPS) is 16.8. The third-order valence-electron chi connectivity index (χ3n) is 5.19. The second kappa shape index (κ2) is 10.5. The monoisotopic (exact) mass is 461 g/mol. The molecule has 2 aromatic carbocycles. The Morgan fingerprint density at radius 1 is 1.12 bits per heavy atom. The molecule has 0 spiro atoms. The van der Waals surface area contributed by atoms with Crippen LogP contribution in [0.5, 0.6) is 11.5 Å². The highest BCUT2D eigenvalue weighted by atomic mass is 32.2. The molecular formula is C22H27N3O6S. The zero-order valence-electron chi connectivity index (χ0n) is 18.0. The zero-order chi connectivity index (χ0) is 23.1. The molecule has 3 rings (SSSR count). The molecule has 1 atom stereocenters. The molecule has 1 aliphatic heterocycles. The Bertz CT molecular complexity index is 1060. The smallest absolute Gasteiger partial charge is 0.243 e. The summed E-state index contributed by atoms with van der Waals surface area (Å²) < 4.78 is 37.7. The molecule has 0 bridgehead atoms. The maximum Gasteiger partial charge on any atom is 0.243 e. The van der Waals surface area contributed by atoms with Crippen LogP contribution in [0.15, 0.2) is 53.4 Å². The molecule has 1 aliphatic rings. The van der Waals surface area contributed by atoms with Crippen LogP contribution in [-0.4, -0.2) is 64.4 Å². The molecule has 172 valence electrons. The standard InChI is InChI=1S/C22H27N3O6S/c1-30-19-9-8-16(14-20(19)31-2)10-11-23-21(26)15-18-22(27)24-12-13-25(18)32(28,29)17-6-4-3-5-7-17/h3-9,14,18H,10-13,15H2,1-2H3,(H,23,26)(H,24,27)/t18-/m0/s1. The Morgan fingerprint density at radius 2 is 1.84 bits per heavy atom. The molecule has 0 radical (unpaired) electrons. The number of piperazine rings is 1. The fraction of sp³-hybridized carbons (Fsp3) is 0.364. The van der Waals surface area contributed by atoms with Crippen LogP contribution in [0.25, 0.3) is 0 Å². The SMILES string of the molecule is COc1ccc(CCNC(=O)C[C@H]2C(=O)NCCN2S(=O)(=O)c2ccccc2)cc1OC. The zero-order valence-corrected chi connectivity index (χ0v) is 18.9. The summed E-state index contributed by atoms with van der Waals surface area (Å²) in [5, 5.41) is 5.41. The van der Waals surface area contributed by atoms with Crippen molar-refractivity contribution in [2.45, 2.75) is 23.8 Å². The fourth-order valence-corrected chi connectivity index (χ4v) is 5.14. The summed E-state index contributed by atoms with van der Waals surface area (Å²) in [6.07, 6.45) is 0.277. The van der Waals surface area contributed by atoms with Crippen LogP contribution in [-0.2, 0) is 26.0 Å². The Morgan fingerprint density at radius 3 is 2.53 bits per heavy atom. The quantitative estimate of drug-likeness (QED) is 0.575. The highest BCUT2D eigenvalue weighted by Gasteiger charge is 2.39. The first kappa shape index (κ1) is 23.6. The summed E-state index contributed by atoms with van der Waals surface area (Å²) in [6.45, 7) is 0.628. The molecule has 32 heavy (non-hydrogen) atoms. The van der Waals surface area contributed by atoms with Crippen LogP contribution in [0.4, 0.5) is 0 Å². The fourth-order valence-electron chi connectivity index (χ4n) is 3.53. The number of hydrogen-bond donors (Lipinski definition) is 2. The Kier molecular flexibility index (Phi) is 7.70. The maximum absolute atomic E-state index is 13.0. The van der Waals surface area contributed by atoms with Crippen molar-refractivity contribution in [1.82, 2.24) is 14.9 Å². The average molecular weight is 462 g/mol. The lowest BCUT2D eigenvalue weighted by Crippen LogP contribution is -2.58. The number of benzene rings is 2. The van der Waals surface area contributed by atoms with Gasteiger partial charge in [-0.3, -0.25) is 9.59 Å². The van der Waals surface area contributed by atoms with Crippen LogP contribution in [0.1, 0.15) is 12.0 Å². The van der Waals surface area contributed by atoms with E-state index in [1.807, 2.05) is 12.1 Å². The van der Waals surface area contributed by atoms with Gasteiger partial charge in [0, 0.05) is 19.6 Å². The summed E-state index contributed by atoms with van der Waals surface area (Å²) in [4.78, 5) is 25.0. The molecule has 0 aliphatic carbocycles. The van der Waals surface area contributed by atoms with Crippen LogP contribution in [0.2, 0.25) is 0 Å². The number of nitrogens with zero attached hydrogens (tertiary/aromatic N) is 1. The van der Waals surface area contributed by atoms with Crippen molar-refractivity contribution in [3.63, 3.8) is 0 Å². The van der Waals surface area contributed by atoms with Crippen molar-refractivity contribution < 1.29 is 27.5 Å². The Labute approximate surface area is 187 Å². The van der Waals surface area contributed by atoms with Crippen LogP contribution < -0.4 is 20.1 Å². The lowest BCUT2D eigenvalue weighted by atomic mass is 10.1. The first-order valence-corrected chi connectivity index (χ1v) is 11.6. The minimum atomic E-state index is -3.90. The van der Waals surface area contributed by atoms with Crippen molar-refractivity contribution in [1.29, 1.82) is 0 Å². The molecule has 2 N–H and O–H groups in total. The van der Waals surface area contributed by atoms with Crippen LogP contribution in [0, 0.1) is 0 Å². The van der Waals surface area contributed by atoms with E-state index >= 15 is 0 Å². The largest absolute Gasteiger partial charge is 0.493 e. The van der Waals surface area contributed by atoms with Gasteiger partial charge in [-0.15, -0.1) is 0 Å². The molecule has 2 aromatic rings. The molecule has 9 nitrogen and oxygen atoms in total. The molecule has 1 saturated heterocycles. The number of sulfonamides is 1. The number of carbonyl (C=O) groups excluding carboxylic acids is 2. The first-order valence-electron chi connectivity index (χ1n) is 10.2. The molecule has 0 unspecified atom stereocenters. The molecule has 1 fully saturated rings. The highest BCUT2D eigenvalue weighted by molar-refractivity contribution is 7.89. The Balaban J connectivity index is 1.63. The summed E-state index contributed by atoms with van der Waals surface area (Å²) in [6, 6.07) is 12.3. The number of carbonyl (C=O) groups is 2. The van der Waals surface area contributed by atoms with Crippen molar-refractivity contribution >= 4 is 21.8 Å². The van der Waals surface area contributed by atoms with Crippen molar-refractivity contribution in [2.75, 3.05) is 33.9 Å². The van der Waals surface area contributed by atoms with Gasteiger partial charge >= 0.3 is 0 Å². The molecule has 0 aromatic heterocycles. The van der Waals surface area contributed by atoms with Crippen molar-refractivity contribution in [3.8, 4) is 11.5 Å². The minimum absolute atomic E-state index is 0.0913. The molecule has 10 heteroatoms. The van der Waals surface area contributed by atoms with E-state index in [0.29, 0.717) is 24.5 Å². The van der Waals surface area contributed by atoms with Gasteiger partial charge in [0.05, 0.1) is 25.5 Å². The number of hydrogen-bond acceptors (Lipinski definition) is 6. The second-order valence-corrected chi connectivity index (χ2v) is 9.12. The van der Waals surface area contributed by atoms with E-state index in [0.717, 1.165) is 9.87 Å². The summed E-state index contributed by atoms with van der Waals surface area (Å²) in [7, 11) is -0.795. The molecule has 2 amide bonds. The third kappa shape index (κ3) is 5.38. The van der Waals surface area contributed by atoms with Gasteiger partial charge < -0.3 is 20.1 Å². The lowest BCUT2D eigenvalue weighted by molar-refractivity contribution is -0.131. The number of ether oxygens (including phenoxy) is 2. The van der Waals surface area contributed by atoms with E-state index in [2.05, 4.69) is 10.6 Å². The summed E-state index contributed by atoms with van der Waals surface area (Å²) in [5.41, 5.74) is 0.937. The second-order valence-electron chi connectivity index (χ2n) is 7.23. The van der Waals surface area contributed by atoms with Gasteiger partial charge in [-0.1, -0.05) is 24.3 Å². The summed E-state index contributed by atoms with van der Waals surface area (Å²) >= 11 is 0. The predicted molar refractivity (Wildman–Crippen MR) is 118 cm³/mol. The van der Waals surface area contributed by atoms with E-state index in [1.165, 1.54) is 12.1 Å². The highest BCUT2D eigenvalue weighted by Crippen LogP contribution is 2.27. The lowest BCUT2D eigenvalue weighted by Gasteiger charge is -2.33. The maximum atomic E-state index is 13.0. The number of rotatable bonds is 9. The van der Waals surface area contributed by atoms with Crippen LogP contribution in [0.3, 0.4) is 0 Å². The van der Waals surface area contributed by atoms with Gasteiger partial charge in [0.15, 0.2) is 11.5 Å². The molecule has 0 saturated carbocycles. The van der Waals surface area contributed by atoms with Gasteiger partial charge in [-0.05, 0) is 36.2 Å². The topological polar surface area (TPSA) is 114 Å². The molecule has 1 heterocycles. The average Bonchev–Trinajstić information content (AvgIpc) is 2.80. The van der Waals surface area contributed by atoms with Crippen LogP contribution >= 0.6 is 0 Å². The van der Waals surface area contributed by atoms with E-state index in [4.69, 9.17) is 9.47 Å². The number of amides is 2. The Hall–Kier alpha value is -3.11. The van der Waals surface area contributed by atoms with Crippen molar-refractivity contribution in [3.05, 3.63) is 54.1 Å². The first-order chi connectivity index (χ1) is 15.4. The number of nitrogens with one attached hydrogen (secondary N) is 2. The van der Waals surface area contributed by atoms with E-state index in [9.17, 15) is 18.0 Å². The van der Waals surface area contributed by atoms with Gasteiger partial charge in [0.1, 0.15) is 6.04 Å². The van der Waals surface area contributed by atoms with Gasteiger partial charge in [-0.2, -0.15) is 4.31 Å². The third-order valence-corrected chi connectivity index (χ3v) is 7.12. The van der Waals surface area contributed by atoms with E-state index in [-0.39, 0.29) is 24.4 Å².